The Labute approximate surface area is 76.9 Å². The highest BCUT2D eigenvalue weighted by molar-refractivity contribution is 5.10. The summed E-state index contributed by atoms with van der Waals surface area (Å²) in [6, 6.07) is 0.175. The fraction of sp³-hybridized carbons (Fsp3) is 0.750. The van der Waals surface area contributed by atoms with Gasteiger partial charge in [-0.05, 0) is 33.0 Å². The Kier molecular flexibility index (Phi) is 2.18. The van der Waals surface area contributed by atoms with Gasteiger partial charge in [-0.2, -0.15) is 4.98 Å². The van der Waals surface area contributed by atoms with Crippen LogP contribution in [0, 0.1) is 0 Å². The van der Waals surface area contributed by atoms with Crippen LogP contribution in [0.5, 0.6) is 0 Å². The molecule has 0 spiro atoms. The van der Waals surface area contributed by atoms with Crippen LogP contribution in [0.2, 0.25) is 0 Å². The van der Waals surface area contributed by atoms with E-state index >= 15 is 0 Å². The number of nitrogens with zero attached hydrogens (tertiary/aromatic N) is 3. The van der Waals surface area contributed by atoms with E-state index in [1.54, 1.807) is 0 Å². The van der Waals surface area contributed by atoms with Crippen LogP contribution in [0.15, 0.2) is 4.52 Å². The Hall–Kier alpha value is -1.10. The lowest BCUT2D eigenvalue weighted by molar-refractivity contribution is 0.248. The molecule has 2 rings (SSSR count). The lowest BCUT2D eigenvalue weighted by atomic mass is 9.97. The third kappa shape index (κ3) is 1.80. The second-order valence-electron chi connectivity index (χ2n) is 3.57. The lowest BCUT2D eigenvalue weighted by Gasteiger charge is -2.26. The molecule has 1 fully saturated rings. The first kappa shape index (κ1) is 8.50. The zero-order valence-corrected chi connectivity index (χ0v) is 7.73. The summed E-state index contributed by atoms with van der Waals surface area (Å²) in [6.45, 7) is 2.19. The number of nitrogens with two attached hydrogens (primary N) is 1. The van der Waals surface area contributed by atoms with Gasteiger partial charge in [-0.25, -0.2) is 0 Å². The van der Waals surface area contributed by atoms with E-state index < -0.39 is 0 Å². The highest BCUT2D eigenvalue weighted by atomic mass is 16.5. The number of rotatable bonds is 1. The lowest BCUT2D eigenvalue weighted by Crippen LogP contribution is -2.29. The molecule has 0 unspecified atom stereocenters. The fourth-order valence-corrected chi connectivity index (χ4v) is 1.68. The van der Waals surface area contributed by atoms with Gasteiger partial charge >= 0.3 is 6.01 Å². The summed E-state index contributed by atoms with van der Waals surface area (Å²) in [5.74, 6) is 1.20. The van der Waals surface area contributed by atoms with E-state index in [0.29, 0.717) is 5.92 Å². The molecular weight excluding hydrogens is 168 g/mol. The Morgan fingerprint density at radius 3 is 2.69 bits per heavy atom. The number of piperidine rings is 1. The molecule has 1 saturated heterocycles. The van der Waals surface area contributed by atoms with E-state index in [0.717, 1.165) is 31.8 Å². The van der Waals surface area contributed by atoms with Crippen LogP contribution in [0.3, 0.4) is 0 Å². The van der Waals surface area contributed by atoms with Gasteiger partial charge in [0.2, 0.25) is 0 Å². The zero-order chi connectivity index (χ0) is 9.26. The van der Waals surface area contributed by atoms with E-state index in [2.05, 4.69) is 22.1 Å². The maximum Gasteiger partial charge on any atom is 0.318 e. The molecule has 0 aromatic carbocycles. The summed E-state index contributed by atoms with van der Waals surface area (Å²) >= 11 is 0. The molecule has 1 aliphatic rings. The Balaban J connectivity index is 2.02. The summed E-state index contributed by atoms with van der Waals surface area (Å²) in [7, 11) is 2.13. The predicted octanol–water partition coefficient (Wildman–Crippen LogP) is 0.461. The third-order valence-electron chi connectivity index (χ3n) is 2.54. The minimum atomic E-state index is 0.175. The minimum absolute atomic E-state index is 0.175. The van der Waals surface area contributed by atoms with E-state index in [9.17, 15) is 0 Å². The van der Waals surface area contributed by atoms with Crippen molar-refractivity contribution in [3.63, 3.8) is 0 Å². The highest BCUT2D eigenvalue weighted by Crippen LogP contribution is 2.25. The second kappa shape index (κ2) is 3.33. The maximum absolute atomic E-state index is 5.36. The molecule has 0 bridgehead atoms. The van der Waals surface area contributed by atoms with E-state index in [1.165, 1.54) is 0 Å². The molecule has 2 N–H and O–H groups in total. The first-order valence-electron chi connectivity index (χ1n) is 4.53. The summed E-state index contributed by atoms with van der Waals surface area (Å²) in [6.07, 6.45) is 2.19. The number of likely N-dealkylation sites (tertiary alicyclic amines) is 1. The Morgan fingerprint density at radius 1 is 1.46 bits per heavy atom. The Morgan fingerprint density at radius 2 is 2.15 bits per heavy atom. The van der Waals surface area contributed by atoms with Gasteiger partial charge in [-0.15, -0.1) is 0 Å². The second-order valence-corrected chi connectivity index (χ2v) is 3.57. The quantitative estimate of drug-likeness (QED) is 0.683. The summed E-state index contributed by atoms with van der Waals surface area (Å²) in [4.78, 5) is 6.35. The summed E-state index contributed by atoms with van der Waals surface area (Å²) < 4.78 is 4.75. The Bertz CT molecular complexity index is 277. The first-order valence-corrected chi connectivity index (χ1v) is 4.53. The monoisotopic (exact) mass is 182 g/mol. The van der Waals surface area contributed by atoms with E-state index in [4.69, 9.17) is 10.3 Å². The largest absolute Gasteiger partial charge is 0.351 e. The highest BCUT2D eigenvalue weighted by Gasteiger charge is 2.22. The molecule has 0 atom stereocenters. The minimum Gasteiger partial charge on any atom is -0.351 e. The molecule has 0 radical (unpaired) electrons. The zero-order valence-electron chi connectivity index (χ0n) is 7.73. The SMILES string of the molecule is CN1CCC(c2noc(N)n2)CC1. The van der Waals surface area contributed by atoms with Gasteiger partial charge in [0.15, 0.2) is 5.82 Å². The molecule has 1 aromatic rings. The normalized spacial score (nSPS) is 20.7. The molecule has 72 valence electrons. The molecule has 1 aromatic heterocycles. The summed E-state index contributed by atoms with van der Waals surface area (Å²) in [5.41, 5.74) is 5.36. The number of anilines is 1. The van der Waals surface area contributed by atoms with Crippen LogP contribution < -0.4 is 5.73 Å². The topological polar surface area (TPSA) is 68.2 Å². The van der Waals surface area contributed by atoms with E-state index in [1.807, 2.05) is 0 Å². The van der Waals surface area contributed by atoms with Crippen molar-refractivity contribution in [2.75, 3.05) is 25.9 Å². The van der Waals surface area contributed by atoms with Crippen molar-refractivity contribution in [3.8, 4) is 0 Å². The smallest absolute Gasteiger partial charge is 0.318 e. The first-order chi connectivity index (χ1) is 6.25. The molecule has 13 heavy (non-hydrogen) atoms. The van der Waals surface area contributed by atoms with Crippen LogP contribution in [0.4, 0.5) is 6.01 Å². The van der Waals surface area contributed by atoms with E-state index in [-0.39, 0.29) is 6.01 Å². The van der Waals surface area contributed by atoms with Crippen LogP contribution in [0.1, 0.15) is 24.6 Å². The molecule has 0 amide bonds. The van der Waals surface area contributed by atoms with Crippen molar-refractivity contribution in [1.29, 1.82) is 0 Å². The van der Waals surface area contributed by atoms with Crippen LogP contribution in [-0.2, 0) is 0 Å². The van der Waals surface area contributed by atoms with Crippen LogP contribution in [-0.4, -0.2) is 35.2 Å². The van der Waals surface area contributed by atoms with Gasteiger partial charge in [0.1, 0.15) is 0 Å². The molecule has 0 saturated carbocycles. The number of hydrogen-bond acceptors (Lipinski definition) is 5. The number of aromatic nitrogens is 2. The number of nitrogen functional groups attached to an aromatic ring is 1. The molecule has 0 aliphatic carbocycles. The molecule has 1 aliphatic heterocycles. The van der Waals surface area contributed by atoms with Gasteiger partial charge in [0.05, 0.1) is 0 Å². The van der Waals surface area contributed by atoms with Crippen molar-refractivity contribution < 1.29 is 4.52 Å². The van der Waals surface area contributed by atoms with Gasteiger partial charge in [-0.1, -0.05) is 5.16 Å². The van der Waals surface area contributed by atoms with Crippen molar-refractivity contribution in [1.82, 2.24) is 15.0 Å². The number of hydrogen-bond donors (Lipinski definition) is 1. The van der Waals surface area contributed by atoms with Gasteiger partial charge in [-0.3, -0.25) is 0 Å². The van der Waals surface area contributed by atoms with Crippen LogP contribution in [0.25, 0.3) is 0 Å². The van der Waals surface area contributed by atoms with Gasteiger partial charge in [0.25, 0.3) is 0 Å². The fourth-order valence-electron chi connectivity index (χ4n) is 1.68. The third-order valence-corrected chi connectivity index (χ3v) is 2.54. The standard InChI is InChI=1S/C8H14N4O/c1-12-4-2-6(3-5-12)7-10-8(9)13-11-7/h6H,2-5H2,1H3,(H2,9,10,11). The molecular formula is C8H14N4O. The van der Waals surface area contributed by atoms with Crippen molar-refractivity contribution in [2.24, 2.45) is 0 Å². The molecule has 5 heteroatoms. The average molecular weight is 182 g/mol. The van der Waals surface area contributed by atoms with Gasteiger partial charge < -0.3 is 15.2 Å². The molecule has 2 heterocycles. The van der Waals surface area contributed by atoms with Gasteiger partial charge in [0, 0.05) is 5.92 Å². The molecule has 5 nitrogen and oxygen atoms in total. The van der Waals surface area contributed by atoms with Crippen molar-refractivity contribution in [2.45, 2.75) is 18.8 Å². The predicted molar refractivity (Wildman–Crippen MR) is 48.2 cm³/mol. The van der Waals surface area contributed by atoms with Crippen molar-refractivity contribution >= 4 is 6.01 Å². The average Bonchev–Trinajstić information content (AvgIpc) is 2.53. The maximum atomic E-state index is 5.36. The van der Waals surface area contributed by atoms with Crippen molar-refractivity contribution in [3.05, 3.63) is 5.82 Å². The van der Waals surface area contributed by atoms with Crippen LogP contribution >= 0.6 is 0 Å². The summed E-state index contributed by atoms with van der Waals surface area (Å²) in [5, 5.41) is 3.83.